The number of carbonyl (C=O) groups excluding carboxylic acids is 5. The van der Waals surface area contributed by atoms with Crippen LogP contribution in [0.1, 0.15) is 112 Å². The van der Waals surface area contributed by atoms with Gasteiger partial charge in [-0.3, -0.25) is 19.2 Å². The minimum Gasteiger partial charge on any atom is -0.475 e. The summed E-state index contributed by atoms with van der Waals surface area (Å²) in [6.07, 6.45) is 11.1. The summed E-state index contributed by atoms with van der Waals surface area (Å²) in [6, 6.07) is -3.11. The third-order valence-electron chi connectivity index (χ3n) is 9.48. The number of nitrogens with one attached hydrogen (secondary N) is 5. The highest BCUT2D eigenvalue weighted by atomic mass is 16.5. The van der Waals surface area contributed by atoms with E-state index in [1.165, 1.54) is 4.90 Å². The molecule has 1 fully saturated rings. The molecule has 0 spiro atoms. The average molecular weight is 723 g/mol. The second-order valence-corrected chi connectivity index (χ2v) is 14.2. The molecule has 14 heteroatoms. The lowest BCUT2D eigenvalue weighted by Gasteiger charge is -2.29. The fourth-order valence-corrected chi connectivity index (χ4v) is 6.46. The van der Waals surface area contributed by atoms with E-state index in [4.69, 9.17) is 16.2 Å². The lowest BCUT2D eigenvalue weighted by molar-refractivity contribution is -0.133. The number of carbonyl (C=O) groups is 5. The Morgan fingerprint density at radius 3 is 2.08 bits per heavy atom. The molecule has 14 nitrogen and oxygen atoms in total. The molecule has 0 radical (unpaired) electrons. The first-order chi connectivity index (χ1) is 24.3. The lowest BCUT2D eigenvalue weighted by atomic mass is 9.91. The summed E-state index contributed by atoms with van der Waals surface area (Å²) in [5.41, 5.74) is 12.0. The Bertz CT molecular complexity index is 1090. The van der Waals surface area contributed by atoms with E-state index in [1.54, 1.807) is 27.9 Å². The van der Waals surface area contributed by atoms with Crippen LogP contribution in [0.5, 0.6) is 0 Å². The average Bonchev–Trinajstić information content (AvgIpc) is 3.39. The van der Waals surface area contributed by atoms with Gasteiger partial charge in [0.15, 0.2) is 6.23 Å². The van der Waals surface area contributed by atoms with E-state index in [-0.39, 0.29) is 36.7 Å². The van der Waals surface area contributed by atoms with Crippen LogP contribution in [-0.2, 0) is 28.7 Å². The maximum Gasteiger partial charge on any atom is 0.253 e. The van der Waals surface area contributed by atoms with Crippen LogP contribution in [0, 0.1) is 11.8 Å². The first-order valence-electron chi connectivity index (χ1n) is 19.1. The zero-order chi connectivity index (χ0) is 38.3. The van der Waals surface area contributed by atoms with Crippen molar-refractivity contribution in [1.29, 1.82) is 0 Å². The van der Waals surface area contributed by atoms with Crippen molar-refractivity contribution in [3.05, 3.63) is 11.3 Å². The number of nitrogens with zero attached hydrogens (tertiary/aromatic N) is 1. The van der Waals surface area contributed by atoms with E-state index >= 15 is 0 Å². The molecule has 0 bridgehead atoms. The zero-order valence-electron chi connectivity index (χ0n) is 32.5. The van der Waals surface area contributed by atoms with Crippen LogP contribution in [0.25, 0.3) is 0 Å². The smallest absolute Gasteiger partial charge is 0.253 e. The maximum atomic E-state index is 13.6. The van der Waals surface area contributed by atoms with Gasteiger partial charge in [0, 0.05) is 39.6 Å². The maximum absolute atomic E-state index is 13.6. The molecular formula is C37H70N8O6. The van der Waals surface area contributed by atoms with Crippen molar-refractivity contribution >= 4 is 29.9 Å². The largest absolute Gasteiger partial charge is 0.475 e. The molecule has 1 aliphatic carbocycles. The van der Waals surface area contributed by atoms with Crippen molar-refractivity contribution in [3.8, 4) is 0 Å². The summed E-state index contributed by atoms with van der Waals surface area (Å²) >= 11 is 0. The van der Waals surface area contributed by atoms with Gasteiger partial charge in [-0.15, -0.1) is 0 Å². The van der Waals surface area contributed by atoms with Gasteiger partial charge in [0.05, 0.1) is 17.7 Å². The Morgan fingerprint density at radius 2 is 1.53 bits per heavy atom. The van der Waals surface area contributed by atoms with Crippen LogP contribution >= 0.6 is 0 Å². The van der Waals surface area contributed by atoms with Crippen LogP contribution in [0.3, 0.4) is 0 Å². The molecular weight excluding hydrogens is 652 g/mol. The standard InChI is InChI=1S/C37H70N8O6/c1-8-9-10-15-18-32(26(4)37(50)45(7)29(24-46)21-25(2)3)51-27(5)42-35(48)31(23-41-20-19-38)44-34(47)30(22-39)43-36(49)33(40-6)28-16-13-11-12-14-17-28/h24-25,27-31,33,40-41H,8-23,38-39H2,1-7H3,(H,42,48)(H,43,49)(H,44,47)/b32-26-/t27-,29?,30?,31?,33?/m0/s1. The van der Waals surface area contributed by atoms with Crippen LogP contribution < -0.4 is 38.1 Å². The third kappa shape index (κ3) is 16.9. The number of hydrogen-bond donors (Lipinski definition) is 7. The number of nitrogens with two attached hydrogens (primary N) is 2. The molecule has 0 aliphatic heterocycles. The topological polar surface area (TPSA) is 210 Å². The normalized spacial score (nSPS) is 17.2. The summed E-state index contributed by atoms with van der Waals surface area (Å²) in [5, 5.41) is 14.5. The van der Waals surface area contributed by atoms with Crippen LogP contribution in [-0.4, -0.2) is 105 Å². The fourth-order valence-electron chi connectivity index (χ4n) is 6.46. The van der Waals surface area contributed by atoms with E-state index in [0.717, 1.165) is 70.5 Å². The molecule has 0 heterocycles. The number of ether oxygens (including phenoxy) is 1. The molecule has 4 amide bonds. The molecule has 51 heavy (non-hydrogen) atoms. The first kappa shape index (κ1) is 46.0. The number of allylic oxidation sites excluding steroid dienone is 1. The summed E-state index contributed by atoms with van der Waals surface area (Å²) < 4.78 is 6.21. The summed E-state index contributed by atoms with van der Waals surface area (Å²) in [7, 11) is 3.36. The van der Waals surface area contributed by atoms with E-state index in [0.29, 0.717) is 37.3 Å². The van der Waals surface area contributed by atoms with Crippen molar-refractivity contribution in [2.45, 2.75) is 142 Å². The summed E-state index contributed by atoms with van der Waals surface area (Å²) in [4.78, 5) is 67.1. The van der Waals surface area contributed by atoms with E-state index in [9.17, 15) is 24.0 Å². The van der Waals surface area contributed by atoms with Crippen molar-refractivity contribution in [1.82, 2.24) is 31.5 Å². The summed E-state index contributed by atoms with van der Waals surface area (Å²) in [5.74, 6) is -0.906. The van der Waals surface area contributed by atoms with Gasteiger partial charge in [-0.2, -0.15) is 0 Å². The highest BCUT2D eigenvalue weighted by Crippen LogP contribution is 2.26. The fraction of sp³-hybridized carbons (Fsp3) is 0.811. The molecule has 1 saturated carbocycles. The van der Waals surface area contributed by atoms with Gasteiger partial charge in [-0.1, -0.05) is 65.7 Å². The molecule has 0 saturated heterocycles. The number of unbranched alkanes of at least 4 members (excludes halogenated alkanes) is 3. The molecule has 5 atom stereocenters. The third-order valence-corrected chi connectivity index (χ3v) is 9.48. The van der Waals surface area contributed by atoms with Gasteiger partial charge < -0.3 is 52.5 Å². The van der Waals surface area contributed by atoms with Gasteiger partial charge in [0.25, 0.3) is 5.91 Å². The predicted octanol–water partition coefficient (Wildman–Crippen LogP) is 1.82. The molecule has 0 aromatic carbocycles. The lowest BCUT2D eigenvalue weighted by Crippen LogP contribution is -2.61. The first-order valence-corrected chi connectivity index (χ1v) is 19.1. The molecule has 4 unspecified atom stereocenters. The zero-order valence-corrected chi connectivity index (χ0v) is 32.5. The number of likely N-dealkylation sites (N-methyl/N-ethyl adjacent to an activating group) is 2. The Balaban J connectivity index is 3.12. The molecule has 0 aromatic rings. The number of hydrogen-bond acceptors (Lipinski definition) is 10. The Labute approximate surface area is 306 Å². The van der Waals surface area contributed by atoms with E-state index in [2.05, 4.69) is 33.5 Å². The monoisotopic (exact) mass is 723 g/mol. The molecule has 1 aliphatic rings. The molecule has 294 valence electrons. The van der Waals surface area contributed by atoms with Crippen LogP contribution in [0.2, 0.25) is 0 Å². The minimum absolute atomic E-state index is 0.0684. The van der Waals surface area contributed by atoms with Gasteiger partial charge in [0.2, 0.25) is 17.7 Å². The second kappa shape index (κ2) is 25.8. The van der Waals surface area contributed by atoms with Crippen molar-refractivity contribution in [2.75, 3.05) is 40.3 Å². The van der Waals surface area contributed by atoms with Gasteiger partial charge in [-0.25, -0.2) is 0 Å². The highest BCUT2D eigenvalue weighted by Gasteiger charge is 2.32. The van der Waals surface area contributed by atoms with E-state index in [1.807, 2.05) is 13.8 Å². The summed E-state index contributed by atoms with van der Waals surface area (Å²) in [6.45, 7) is 10.1. The van der Waals surface area contributed by atoms with Crippen molar-refractivity contribution in [2.24, 2.45) is 23.3 Å². The quantitative estimate of drug-likeness (QED) is 0.0182. The highest BCUT2D eigenvalue weighted by molar-refractivity contribution is 5.95. The number of rotatable bonds is 25. The number of aldehydes is 1. The van der Waals surface area contributed by atoms with Crippen LogP contribution in [0.4, 0.5) is 0 Å². The van der Waals surface area contributed by atoms with Gasteiger partial charge in [0.1, 0.15) is 24.1 Å². The van der Waals surface area contributed by atoms with Crippen molar-refractivity contribution < 1.29 is 28.7 Å². The minimum atomic E-state index is -1.05. The van der Waals surface area contributed by atoms with Crippen molar-refractivity contribution in [3.63, 3.8) is 0 Å². The second-order valence-electron chi connectivity index (χ2n) is 14.2. The Kier molecular flexibility index (Phi) is 23.3. The molecule has 0 aromatic heterocycles. The Morgan fingerprint density at radius 1 is 0.902 bits per heavy atom. The van der Waals surface area contributed by atoms with Crippen LogP contribution in [0.15, 0.2) is 11.3 Å². The van der Waals surface area contributed by atoms with Gasteiger partial charge >= 0.3 is 0 Å². The molecule has 1 rings (SSSR count). The van der Waals surface area contributed by atoms with Gasteiger partial charge in [-0.05, 0) is 58.4 Å². The SMILES string of the molecule is CCCCCC/C(O[C@@H](C)NC(=O)C(CNCCN)NC(=O)C(CN)NC(=O)C(NC)C1CCCCCC1)=C(\C)C(=O)N(C)C(C=O)CC(C)C. The number of amides is 4. The predicted molar refractivity (Wildman–Crippen MR) is 201 cm³/mol. The molecule has 9 N–H and O–H groups in total. The van der Waals surface area contributed by atoms with E-state index < -0.39 is 42.2 Å². The Hall–Kier alpha value is -3.07.